The Morgan fingerprint density at radius 1 is 1.26 bits per heavy atom. The van der Waals surface area contributed by atoms with Crippen LogP contribution in [0.3, 0.4) is 0 Å². The van der Waals surface area contributed by atoms with Gasteiger partial charge in [0, 0.05) is 11.6 Å². The van der Waals surface area contributed by atoms with Crippen LogP contribution in [0, 0.1) is 23.2 Å². The zero-order valence-corrected chi connectivity index (χ0v) is 17.3. The molecule has 0 bridgehead atoms. The van der Waals surface area contributed by atoms with Crippen LogP contribution in [-0.2, 0) is 11.0 Å². The van der Waals surface area contributed by atoms with Gasteiger partial charge in [-0.2, -0.15) is 18.4 Å². The monoisotopic (exact) mass is 430 g/mol. The van der Waals surface area contributed by atoms with Crippen molar-refractivity contribution >= 4 is 5.91 Å². The third-order valence-electron chi connectivity index (χ3n) is 6.01. The molecule has 1 N–H and O–H groups in total. The molecule has 2 aliphatic rings. The van der Waals surface area contributed by atoms with Gasteiger partial charge in [-0.05, 0) is 68.7 Å². The molecule has 4 nitrogen and oxygen atoms in total. The van der Waals surface area contributed by atoms with Gasteiger partial charge in [0.15, 0.2) is 0 Å². The van der Waals surface area contributed by atoms with Crippen LogP contribution in [0.15, 0.2) is 54.7 Å². The number of alkyl halides is 3. The first kappa shape index (κ1) is 22.7. The number of hydrogen-bond acceptors (Lipinski definition) is 3. The van der Waals surface area contributed by atoms with E-state index in [1.807, 2.05) is 0 Å². The Morgan fingerprint density at radius 3 is 2.48 bits per heavy atom. The van der Waals surface area contributed by atoms with Gasteiger partial charge < -0.3 is 10.1 Å². The Balaban J connectivity index is 1.57. The van der Waals surface area contributed by atoms with Crippen LogP contribution in [0.2, 0.25) is 0 Å². The highest BCUT2D eigenvalue weighted by Gasteiger charge is 2.43. The zero-order chi connectivity index (χ0) is 22.6. The van der Waals surface area contributed by atoms with E-state index in [2.05, 4.69) is 11.9 Å². The molecule has 1 aromatic rings. The molecular weight excluding hydrogens is 405 g/mol. The Labute approximate surface area is 180 Å². The lowest BCUT2D eigenvalue weighted by Gasteiger charge is -2.19. The SMILES string of the molecule is C=C/C=C\C(=C/C)C(=O)NC1CC2CC(Oc3ccc(C#N)c(C(F)(F)F)c3)CC2C1. The minimum absolute atomic E-state index is 0.0854. The molecule has 2 unspecified atom stereocenters. The summed E-state index contributed by atoms with van der Waals surface area (Å²) in [7, 11) is 0. The number of nitrogens with zero attached hydrogens (tertiary/aromatic N) is 1. The number of allylic oxidation sites excluding steroid dienone is 3. The molecule has 2 atom stereocenters. The zero-order valence-electron chi connectivity index (χ0n) is 17.3. The van der Waals surface area contributed by atoms with Crippen molar-refractivity contribution in [2.45, 2.75) is 50.9 Å². The number of benzene rings is 1. The fourth-order valence-corrected chi connectivity index (χ4v) is 4.64. The van der Waals surface area contributed by atoms with E-state index >= 15 is 0 Å². The molecule has 0 aromatic heterocycles. The first-order valence-corrected chi connectivity index (χ1v) is 10.3. The van der Waals surface area contributed by atoms with Gasteiger partial charge in [-0.1, -0.05) is 24.8 Å². The standard InChI is InChI=1S/C24H25F3N2O2/c1-3-5-6-15(4-2)23(30)29-19-9-17-11-21(12-18(17)10-19)31-20-8-7-16(14-28)22(13-20)24(25,26)27/h3-8,13,17-19,21H,1,9-12H2,2H3,(H,29,30)/b6-5-,15-4+. The summed E-state index contributed by atoms with van der Waals surface area (Å²) in [6.07, 6.45) is 5.18. The van der Waals surface area contributed by atoms with Gasteiger partial charge in [-0.15, -0.1) is 0 Å². The van der Waals surface area contributed by atoms with E-state index in [1.165, 1.54) is 6.07 Å². The third-order valence-corrected chi connectivity index (χ3v) is 6.01. The number of halogens is 3. The van der Waals surface area contributed by atoms with E-state index < -0.39 is 17.3 Å². The van der Waals surface area contributed by atoms with Crippen LogP contribution in [0.5, 0.6) is 5.75 Å². The fourth-order valence-electron chi connectivity index (χ4n) is 4.64. The minimum Gasteiger partial charge on any atom is -0.490 e. The molecule has 1 aromatic carbocycles. The highest BCUT2D eigenvalue weighted by Crippen LogP contribution is 2.45. The van der Waals surface area contributed by atoms with Crippen molar-refractivity contribution in [1.29, 1.82) is 5.26 Å². The maximum Gasteiger partial charge on any atom is 0.417 e. The Hall–Kier alpha value is -3.01. The number of rotatable bonds is 6. The summed E-state index contributed by atoms with van der Waals surface area (Å²) in [5.74, 6) is 0.755. The van der Waals surface area contributed by atoms with Crippen molar-refractivity contribution in [2.24, 2.45) is 11.8 Å². The summed E-state index contributed by atoms with van der Waals surface area (Å²) in [6, 6.07) is 5.14. The highest BCUT2D eigenvalue weighted by atomic mass is 19.4. The number of nitrogens with one attached hydrogen (secondary N) is 1. The molecule has 2 aliphatic carbocycles. The lowest BCUT2D eigenvalue weighted by atomic mass is 10.0. The van der Waals surface area contributed by atoms with Gasteiger partial charge >= 0.3 is 6.18 Å². The van der Waals surface area contributed by atoms with Crippen LogP contribution in [0.4, 0.5) is 13.2 Å². The maximum absolute atomic E-state index is 13.2. The topological polar surface area (TPSA) is 62.1 Å². The van der Waals surface area contributed by atoms with Crippen molar-refractivity contribution in [3.05, 3.63) is 65.8 Å². The first-order valence-electron chi connectivity index (χ1n) is 10.3. The summed E-state index contributed by atoms with van der Waals surface area (Å²) in [5, 5.41) is 12.0. The average Bonchev–Trinajstić information content (AvgIpc) is 3.25. The molecule has 31 heavy (non-hydrogen) atoms. The second-order valence-corrected chi connectivity index (χ2v) is 8.03. The maximum atomic E-state index is 13.2. The first-order chi connectivity index (χ1) is 14.7. The summed E-state index contributed by atoms with van der Waals surface area (Å²) in [4.78, 5) is 12.4. The van der Waals surface area contributed by atoms with Crippen molar-refractivity contribution in [1.82, 2.24) is 5.32 Å². The van der Waals surface area contributed by atoms with Crippen molar-refractivity contribution in [3.63, 3.8) is 0 Å². The molecule has 0 heterocycles. The number of carbonyl (C=O) groups is 1. The minimum atomic E-state index is -4.60. The quantitative estimate of drug-likeness (QED) is 0.491. The fraction of sp³-hybridized carbons (Fsp3) is 0.417. The van der Waals surface area contributed by atoms with Crippen LogP contribution in [0.1, 0.15) is 43.7 Å². The summed E-state index contributed by atoms with van der Waals surface area (Å²) >= 11 is 0. The molecule has 2 fully saturated rings. The number of carbonyl (C=O) groups excluding carboxylic acids is 1. The van der Waals surface area contributed by atoms with Gasteiger partial charge in [-0.3, -0.25) is 4.79 Å². The summed E-state index contributed by atoms with van der Waals surface area (Å²) in [6.45, 7) is 5.41. The van der Waals surface area contributed by atoms with Gasteiger partial charge in [0.05, 0.1) is 23.3 Å². The largest absolute Gasteiger partial charge is 0.490 e. The van der Waals surface area contributed by atoms with E-state index in [9.17, 15) is 18.0 Å². The van der Waals surface area contributed by atoms with Gasteiger partial charge in [0.2, 0.25) is 0 Å². The van der Waals surface area contributed by atoms with Gasteiger partial charge in [0.1, 0.15) is 5.75 Å². The summed E-state index contributed by atoms with van der Waals surface area (Å²) < 4.78 is 45.3. The Kier molecular flexibility index (Phi) is 6.89. The Morgan fingerprint density at radius 2 is 1.94 bits per heavy atom. The number of nitriles is 1. The van der Waals surface area contributed by atoms with Gasteiger partial charge in [0.25, 0.3) is 5.91 Å². The summed E-state index contributed by atoms with van der Waals surface area (Å²) in [5.41, 5.74) is -0.802. The molecule has 0 radical (unpaired) electrons. The Bertz CT molecular complexity index is 929. The molecule has 1 amide bonds. The molecule has 2 saturated carbocycles. The van der Waals surface area contributed by atoms with Crippen LogP contribution in [-0.4, -0.2) is 18.1 Å². The molecule has 0 aliphatic heterocycles. The lowest BCUT2D eigenvalue weighted by molar-refractivity contribution is -0.138. The molecule has 0 spiro atoms. The predicted molar refractivity (Wildman–Crippen MR) is 111 cm³/mol. The third kappa shape index (κ3) is 5.38. The number of fused-ring (bicyclic) bond motifs is 1. The average molecular weight is 430 g/mol. The smallest absolute Gasteiger partial charge is 0.417 e. The van der Waals surface area contributed by atoms with Gasteiger partial charge in [-0.25, -0.2) is 0 Å². The number of hydrogen-bond donors (Lipinski definition) is 1. The molecular formula is C24H25F3N2O2. The second-order valence-electron chi connectivity index (χ2n) is 8.03. The van der Waals surface area contributed by atoms with E-state index in [0.717, 1.165) is 37.8 Å². The van der Waals surface area contributed by atoms with E-state index in [4.69, 9.17) is 10.00 Å². The molecule has 3 rings (SSSR count). The van der Waals surface area contributed by atoms with Crippen LogP contribution >= 0.6 is 0 Å². The molecule has 0 saturated heterocycles. The van der Waals surface area contributed by atoms with E-state index in [0.29, 0.717) is 17.4 Å². The predicted octanol–water partition coefficient (Wildman–Crippen LogP) is 5.32. The number of ether oxygens (including phenoxy) is 1. The molecule has 164 valence electrons. The van der Waals surface area contributed by atoms with Crippen molar-refractivity contribution < 1.29 is 22.7 Å². The van der Waals surface area contributed by atoms with Crippen molar-refractivity contribution in [3.8, 4) is 11.8 Å². The van der Waals surface area contributed by atoms with Crippen LogP contribution in [0.25, 0.3) is 0 Å². The molecule has 7 heteroatoms. The van der Waals surface area contributed by atoms with E-state index in [1.54, 1.807) is 37.3 Å². The lowest BCUT2D eigenvalue weighted by Crippen LogP contribution is -2.34. The normalized spacial score (nSPS) is 25.8. The number of amides is 1. The van der Waals surface area contributed by atoms with E-state index in [-0.39, 0.29) is 23.8 Å². The van der Waals surface area contributed by atoms with Crippen molar-refractivity contribution in [2.75, 3.05) is 0 Å². The van der Waals surface area contributed by atoms with Crippen LogP contribution < -0.4 is 10.1 Å². The second kappa shape index (κ2) is 9.42. The highest BCUT2D eigenvalue weighted by molar-refractivity contribution is 5.96.